The number of nitrogens with zero attached hydrogens (tertiary/aromatic N) is 2. The van der Waals surface area contributed by atoms with Gasteiger partial charge in [-0.25, -0.2) is 12.7 Å². The molecule has 2 heterocycles. The average Bonchev–Trinajstić information content (AvgIpc) is 3.11. The molecule has 1 saturated heterocycles. The van der Waals surface area contributed by atoms with Crippen molar-refractivity contribution in [3.05, 3.63) is 30.0 Å². The van der Waals surface area contributed by atoms with Crippen LogP contribution in [0.2, 0.25) is 0 Å². The first-order chi connectivity index (χ1) is 10.4. The topological polar surface area (TPSA) is 95.2 Å². The van der Waals surface area contributed by atoms with E-state index in [1.54, 1.807) is 0 Å². The zero-order valence-electron chi connectivity index (χ0n) is 12.2. The molecule has 8 heteroatoms. The largest absolute Gasteiger partial charge is 0.350 e. The van der Waals surface area contributed by atoms with E-state index in [0.29, 0.717) is 25.3 Å². The molecule has 1 aliphatic heterocycles. The van der Waals surface area contributed by atoms with Gasteiger partial charge in [0.2, 0.25) is 10.0 Å². The van der Waals surface area contributed by atoms with Gasteiger partial charge in [0.15, 0.2) is 5.69 Å². The first kappa shape index (κ1) is 15.0. The standard InChI is InChI=1S/C14H18N4O3S/c1-22(20,21)18-7-6-10(9-18)8-15-14(19)13-11-4-2-3-5-12(11)16-17-13/h2-5,10H,6-9H2,1H3,(H,15,19)(H,16,17). The van der Waals surface area contributed by atoms with Crippen molar-refractivity contribution in [1.29, 1.82) is 0 Å². The molecule has 0 spiro atoms. The highest BCUT2D eigenvalue weighted by Crippen LogP contribution is 2.19. The molecule has 118 valence electrons. The first-order valence-electron chi connectivity index (χ1n) is 7.11. The van der Waals surface area contributed by atoms with Crippen molar-refractivity contribution in [3.8, 4) is 0 Å². The molecular formula is C14H18N4O3S. The summed E-state index contributed by atoms with van der Waals surface area (Å²) in [7, 11) is -3.14. The highest BCUT2D eigenvalue weighted by molar-refractivity contribution is 7.88. The number of carbonyl (C=O) groups is 1. The Hall–Kier alpha value is -1.93. The molecule has 1 unspecified atom stereocenters. The summed E-state index contributed by atoms with van der Waals surface area (Å²) in [5.74, 6) is -0.0980. The minimum Gasteiger partial charge on any atom is -0.350 e. The van der Waals surface area contributed by atoms with E-state index in [-0.39, 0.29) is 11.8 Å². The molecule has 0 bridgehead atoms. The van der Waals surface area contributed by atoms with E-state index in [4.69, 9.17) is 0 Å². The summed E-state index contributed by atoms with van der Waals surface area (Å²) in [6, 6.07) is 7.44. The Morgan fingerprint density at radius 2 is 2.23 bits per heavy atom. The van der Waals surface area contributed by atoms with E-state index in [2.05, 4.69) is 15.5 Å². The lowest BCUT2D eigenvalue weighted by Gasteiger charge is -2.13. The summed E-state index contributed by atoms with van der Waals surface area (Å²) in [6.45, 7) is 1.43. The number of benzene rings is 1. The third-order valence-corrected chi connectivity index (χ3v) is 5.22. The SMILES string of the molecule is CS(=O)(=O)N1CCC(CNC(=O)c2n[nH]c3ccccc23)C1. The predicted octanol–water partition coefficient (Wildman–Crippen LogP) is 0.574. The Labute approximate surface area is 128 Å². The van der Waals surface area contributed by atoms with Crippen molar-refractivity contribution in [3.63, 3.8) is 0 Å². The van der Waals surface area contributed by atoms with Gasteiger partial charge in [-0.2, -0.15) is 5.10 Å². The highest BCUT2D eigenvalue weighted by atomic mass is 32.2. The monoisotopic (exact) mass is 322 g/mol. The fourth-order valence-electron chi connectivity index (χ4n) is 2.72. The fourth-order valence-corrected chi connectivity index (χ4v) is 3.64. The maximum Gasteiger partial charge on any atom is 0.272 e. The van der Waals surface area contributed by atoms with Crippen LogP contribution in [0.25, 0.3) is 10.9 Å². The Kier molecular flexibility index (Phi) is 3.88. The number of H-pyrrole nitrogens is 1. The molecule has 0 radical (unpaired) electrons. The predicted molar refractivity (Wildman–Crippen MR) is 83.0 cm³/mol. The lowest BCUT2D eigenvalue weighted by molar-refractivity contribution is 0.0944. The van der Waals surface area contributed by atoms with Crippen LogP contribution in [0.3, 0.4) is 0 Å². The van der Waals surface area contributed by atoms with E-state index >= 15 is 0 Å². The number of sulfonamides is 1. The normalized spacial score (nSPS) is 19.6. The van der Waals surface area contributed by atoms with Crippen molar-refractivity contribution in [2.45, 2.75) is 6.42 Å². The van der Waals surface area contributed by atoms with Gasteiger partial charge in [0.25, 0.3) is 5.91 Å². The van der Waals surface area contributed by atoms with Gasteiger partial charge in [0.05, 0.1) is 11.8 Å². The molecule has 0 saturated carbocycles. The van der Waals surface area contributed by atoms with Gasteiger partial charge in [-0.3, -0.25) is 9.89 Å². The van der Waals surface area contributed by atoms with Gasteiger partial charge < -0.3 is 5.32 Å². The first-order valence-corrected chi connectivity index (χ1v) is 8.96. The van der Waals surface area contributed by atoms with Crippen molar-refractivity contribution in [2.24, 2.45) is 5.92 Å². The van der Waals surface area contributed by atoms with Gasteiger partial charge in [-0.15, -0.1) is 0 Å². The summed E-state index contributed by atoms with van der Waals surface area (Å²) < 4.78 is 24.4. The molecule has 22 heavy (non-hydrogen) atoms. The second-order valence-electron chi connectivity index (χ2n) is 5.60. The minimum absolute atomic E-state index is 0.142. The molecule has 2 N–H and O–H groups in total. The summed E-state index contributed by atoms with van der Waals surface area (Å²) in [5, 5.41) is 10.5. The summed E-state index contributed by atoms with van der Waals surface area (Å²) in [5.41, 5.74) is 1.19. The van der Waals surface area contributed by atoms with E-state index in [9.17, 15) is 13.2 Å². The third kappa shape index (κ3) is 2.97. The summed E-state index contributed by atoms with van der Waals surface area (Å²) in [6.07, 6.45) is 1.97. The van der Waals surface area contributed by atoms with Crippen LogP contribution >= 0.6 is 0 Å². The molecular weight excluding hydrogens is 304 g/mol. The molecule has 1 aromatic heterocycles. The quantitative estimate of drug-likeness (QED) is 0.860. The molecule has 1 atom stereocenters. The lowest BCUT2D eigenvalue weighted by atomic mass is 10.1. The average molecular weight is 322 g/mol. The van der Waals surface area contributed by atoms with Crippen molar-refractivity contribution >= 4 is 26.8 Å². The van der Waals surface area contributed by atoms with Crippen LogP contribution in [0.1, 0.15) is 16.9 Å². The molecule has 2 aromatic rings. The van der Waals surface area contributed by atoms with Crippen LogP contribution in [-0.2, 0) is 10.0 Å². The zero-order valence-corrected chi connectivity index (χ0v) is 13.1. The molecule has 1 aromatic carbocycles. The van der Waals surface area contributed by atoms with Crippen molar-refractivity contribution in [2.75, 3.05) is 25.9 Å². The number of rotatable bonds is 4. The number of para-hydroxylation sites is 1. The Bertz CT molecular complexity index is 799. The van der Waals surface area contributed by atoms with Crippen LogP contribution in [0.5, 0.6) is 0 Å². The smallest absolute Gasteiger partial charge is 0.272 e. The van der Waals surface area contributed by atoms with E-state index in [1.165, 1.54) is 10.6 Å². The Morgan fingerprint density at radius 3 is 2.95 bits per heavy atom. The number of aromatic amines is 1. The number of aromatic nitrogens is 2. The third-order valence-electron chi connectivity index (χ3n) is 3.95. The number of nitrogens with one attached hydrogen (secondary N) is 2. The van der Waals surface area contributed by atoms with Gasteiger partial charge in [-0.1, -0.05) is 18.2 Å². The van der Waals surface area contributed by atoms with Gasteiger partial charge in [0.1, 0.15) is 0 Å². The molecule has 0 aliphatic carbocycles. The van der Waals surface area contributed by atoms with Crippen LogP contribution in [0, 0.1) is 5.92 Å². The summed E-state index contributed by atoms with van der Waals surface area (Å²) in [4.78, 5) is 12.2. The molecule has 1 fully saturated rings. The van der Waals surface area contributed by atoms with E-state index < -0.39 is 10.0 Å². The van der Waals surface area contributed by atoms with E-state index in [1.807, 2.05) is 24.3 Å². The van der Waals surface area contributed by atoms with Gasteiger partial charge in [0, 0.05) is 25.0 Å². The molecule has 7 nitrogen and oxygen atoms in total. The van der Waals surface area contributed by atoms with Crippen molar-refractivity contribution < 1.29 is 13.2 Å². The summed E-state index contributed by atoms with van der Waals surface area (Å²) >= 11 is 0. The second kappa shape index (κ2) is 5.69. The number of hydrogen-bond acceptors (Lipinski definition) is 4. The zero-order chi connectivity index (χ0) is 15.7. The van der Waals surface area contributed by atoms with Crippen LogP contribution in [0.4, 0.5) is 0 Å². The maximum absolute atomic E-state index is 12.2. The van der Waals surface area contributed by atoms with Crippen LogP contribution in [0.15, 0.2) is 24.3 Å². The Morgan fingerprint density at radius 1 is 1.45 bits per heavy atom. The number of hydrogen-bond donors (Lipinski definition) is 2. The highest BCUT2D eigenvalue weighted by Gasteiger charge is 2.28. The number of fused-ring (bicyclic) bond motifs is 1. The van der Waals surface area contributed by atoms with Gasteiger partial charge in [-0.05, 0) is 18.4 Å². The number of carbonyl (C=O) groups excluding carboxylic acids is 1. The molecule has 1 amide bonds. The fraction of sp³-hybridized carbons (Fsp3) is 0.429. The van der Waals surface area contributed by atoms with Crippen molar-refractivity contribution in [1.82, 2.24) is 19.8 Å². The maximum atomic E-state index is 12.2. The van der Waals surface area contributed by atoms with Gasteiger partial charge >= 0.3 is 0 Å². The number of amides is 1. The molecule has 1 aliphatic rings. The minimum atomic E-state index is -3.14. The lowest BCUT2D eigenvalue weighted by Crippen LogP contribution is -2.32. The second-order valence-corrected chi connectivity index (χ2v) is 7.59. The van der Waals surface area contributed by atoms with Crippen LogP contribution in [-0.4, -0.2) is 54.7 Å². The molecule has 3 rings (SSSR count). The van der Waals surface area contributed by atoms with E-state index in [0.717, 1.165) is 17.3 Å². The van der Waals surface area contributed by atoms with Crippen LogP contribution < -0.4 is 5.32 Å². The Balaban J connectivity index is 1.62.